The maximum absolute atomic E-state index is 13.2. The van der Waals surface area contributed by atoms with E-state index < -0.39 is 0 Å². The molecule has 0 radical (unpaired) electrons. The van der Waals surface area contributed by atoms with Crippen LogP contribution in [0.4, 0.5) is 5.69 Å². The van der Waals surface area contributed by atoms with Crippen LogP contribution in [0.2, 0.25) is 0 Å². The maximum atomic E-state index is 13.2. The molecule has 0 spiro atoms. The van der Waals surface area contributed by atoms with Gasteiger partial charge in [-0.3, -0.25) is 14.4 Å². The van der Waals surface area contributed by atoms with Gasteiger partial charge in [0.05, 0.1) is 22.3 Å². The number of piperazine rings is 1. The minimum absolute atomic E-state index is 0.0628. The topological polar surface area (TPSA) is 66.3 Å². The van der Waals surface area contributed by atoms with Crippen LogP contribution >= 0.6 is 0 Å². The number of hydrogen-bond donors (Lipinski definition) is 1. The molecule has 0 bridgehead atoms. The van der Waals surface area contributed by atoms with Crippen LogP contribution in [0, 0.1) is 6.92 Å². The number of fused-ring (bicyclic) bond motifs is 1. The molecule has 5 rings (SSSR count). The summed E-state index contributed by atoms with van der Waals surface area (Å²) in [5.74, 6) is -0.0628. The standard InChI is InChI=1S/C29H34N6O/c1-22-27-25(21-26(23-11-5-3-6-12-23)31-28(27)33(2)32-22)29(36)30-15-9-10-16-34-17-19-35(20-18-34)24-13-7-4-8-14-24/h3-8,11-14,21H,9-10,15-20H2,1-2H3,(H,30,36). The minimum Gasteiger partial charge on any atom is -0.369 e. The molecular formula is C29H34N6O. The fourth-order valence-electron chi connectivity index (χ4n) is 5.01. The lowest BCUT2D eigenvalue weighted by Crippen LogP contribution is -2.46. The Morgan fingerprint density at radius 2 is 1.64 bits per heavy atom. The number of aryl methyl sites for hydroxylation is 2. The summed E-state index contributed by atoms with van der Waals surface area (Å²) in [5, 5.41) is 8.49. The number of rotatable bonds is 8. The largest absolute Gasteiger partial charge is 0.369 e. The zero-order valence-corrected chi connectivity index (χ0v) is 21.2. The molecule has 186 valence electrons. The molecule has 4 aromatic rings. The zero-order valence-electron chi connectivity index (χ0n) is 21.2. The summed E-state index contributed by atoms with van der Waals surface area (Å²) in [4.78, 5) is 23.0. The first-order valence-electron chi connectivity index (χ1n) is 12.8. The summed E-state index contributed by atoms with van der Waals surface area (Å²) in [6.07, 6.45) is 2.02. The van der Waals surface area contributed by atoms with Gasteiger partial charge in [0.2, 0.25) is 0 Å². The molecule has 1 N–H and O–H groups in total. The van der Waals surface area contributed by atoms with Gasteiger partial charge in [0.25, 0.3) is 5.91 Å². The Hall–Kier alpha value is -3.71. The van der Waals surface area contributed by atoms with E-state index in [1.165, 1.54) is 5.69 Å². The van der Waals surface area contributed by atoms with Gasteiger partial charge in [-0.1, -0.05) is 48.5 Å². The number of nitrogens with one attached hydrogen (secondary N) is 1. The van der Waals surface area contributed by atoms with Crippen molar-refractivity contribution in [2.45, 2.75) is 19.8 Å². The van der Waals surface area contributed by atoms with Crippen molar-refractivity contribution >= 4 is 22.6 Å². The number of para-hydroxylation sites is 1. The highest BCUT2D eigenvalue weighted by molar-refractivity contribution is 6.07. The van der Waals surface area contributed by atoms with E-state index in [2.05, 4.69) is 50.5 Å². The van der Waals surface area contributed by atoms with E-state index in [1.54, 1.807) is 4.68 Å². The number of anilines is 1. The Morgan fingerprint density at radius 1 is 0.944 bits per heavy atom. The fourth-order valence-corrected chi connectivity index (χ4v) is 5.01. The van der Waals surface area contributed by atoms with Crippen LogP contribution in [0.15, 0.2) is 66.7 Å². The molecule has 2 aromatic heterocycles. The Labute approximate surface area is 212 Å². The lowest BCUT2D eigenvalue weighted by Gasteiger charge is -2.36. The number of carbonyl (C=O) groups is 1. The van der Waals surface area contributed by atoms with Crippen molar-refractivity contribution in [2.75, 3.05) is 44.2 Å². The van der Waals surface area contributed by atoms with Crippen molar-refractivity contribution < 1.29 is 4.79 Å². The first-order chi connectivity index (χ1) is 17.6. The van der Waals surface area contributed by atoms with Gasteiger partial charge >= 0.3 is 0 Å². The van der Waals surface area contributed by atoms with Crippen molar-refractivity contribution in [3.8, 4) is 11.3 Å². The Kier molecular flexibility index (Phi) is 7.28. The number of amides is 1. The van der Waals surface area contributed by atoms with Crippen LogP contribution in [0.25, 0.3) is 22.3 Å². The van der Waals surface area contributed by atoms with Gasteiger partial charge in [-0.25, -0.2) is 4.98 Å². The van der Waals surface area contributed by atoms with Gasteiger partial charge < -0.3 is 10.2 Å². The Balaban J connectivity index is 1.15. The fraction of sp³-hybridized carbons (Fsp3) is 0.345. The quantitative estimate of drug-likeness (QED) is 0.380. The molecule has 0 unspecified atom stereocenters. The van der Waals surface area contributed by atoms with Crippen LogP contribution in [-0.2, 0) is 7.05 Å². The monoisotopic (exact) mass is 482 g/mol. The first-order valence-corrected chi connectivity index (χ1v) is 12.8. The molecule has 1 aliphatic rings. The van der Waals surface area contributed by atoms with E-state index in [1.807, 2.05) is 50.4 Å². The van der Waals surface area contributed by atoms with Crippen molar-refractivity contribution in [3.63, 3.8) is 0 Å². The van der Waals surface area contributed by atoms with Gasteiger partial charge in [0.15, 0.2) is 5.65 Å². The molecule has 1 fully saturated rings. The third kappa shape index (κ3) is 5.26. The number of hydrogen-bond acceptors (Lipinski definition) is 5. The highest BCUT2D eigenvalue weighted by atomic mass is 16.1. The van der Waals surface area contributed by atoms with Crippen LogP contribution in [0.1, 0.15) is 28.9 Å². The van der Waals surface area contributed by atoms with E-state index in [0.717, 1.165) is 73.6 Å². The molecule has 7 nitrogen and oxygen atoms in total. The molecule has 0 aliphatic carbocycles. The van der Waals surface area contributed by atoms with Gasteiger partial charge in [-0.15, -0.1) is 0 Å². The van der Waals surface area contributed by atoms with Crippen molar-refractivity contribution in [1.29, 1.82) is 0 Å². The van der Waals surface area contributed by atoms with E-state index in [9.17, 15) is 4.79 Å². The molecule has 3 heterocycles. The minimum atomic E-state index is -0.0628. The van der Waals surface area contributed by atoms with E-state index >= 15 is 0 Å². The molecule has 0 atom stereocenters. The highest BCUT2D eigenvalue weighted by Gasteiger charge is 2.20. The van der Waals surface area contributed by atoms with Crippen LogP contribution in [0.5, 0.6) is 0 Å². The molecule has 1 amide bonds. The summed E-state index contributed by atoms with van der Waals surface area (Å²) in [5.41, 5.74) is 5.27. The summed E-state index contributed by atoms with van der Waals surface area (Å²) < 4.78 is 1.76. The van der Waals surface area contributed by atoms with Gasteiger partial charge in [-0.2, -0.15) is 5.10 Å². The van der Waals surface area contributed by atoms with Crippen molar-refractivity contribution in [2.24, 2.45) is 7.05 Å². The number of pyridine rings is 1. The smallest absolute Gasteiger partial charge is 0.252 e. The second-order valence-electron chi connectivity index (χ2n) is 9.46. The van der Waals surface area contributed by atoms with E-state index in [0.29, 0.717) is 12.1 Å². The second-order valence-corrected chi connectivity index (χ2v) is 9.46. The number of nitrogens with zero attached hydrogens (tertiary/aromatic N) is 5. The summed E-state index contributed by atoms with van der Waals surface area (Å²) in [6.45, 7) is 7.95. The lowest BCUT2D eigenvalue weighted by molar-refractivity contribution is 0.0954. The zero-order chi connectivity index (χ0) is 24.9. The third-order valence-electron chi connectivity index (χ3n) is 6.96. The molecule has 2 aromatic carbocycles. The average molecular weight is 483 g/mol. The molecular weight excluding hydrogens is 448 g/mol. The molecule has 0 saturated carbocycles. The summed E-state index contributed by atoms with van der Waals surface area (Å²) >= 11 is 0. The van der Waals surface area contributed by atoms with Crippen molar-refractivity contribution in [3.05, 3.63) is 78.0 Å². The van der Waals surface area contributed by atoms with E-state index in [4.69, 9.17) is 4.98 Å². The molecule has 1 aliphatic heterocycles. The predicted molar refractivity (Wildman–Crippen MR) is 145 cm³/mol. The highest BCUT2D eigenvalue weighted by Crippen LogP contribution is 2.26. The average Bonchev–Trinajstić information content (AvgIpc) is 3.22. The Bertz CT molecular complexity index is 1310. The third-order valence-corrected chi connectivity index (χ3v) is 6.96. The lowest BCUT2D eigenvalue weighted by atomic mass is 10.0. The van der Waals surface area contributed by atoms with Crippen LogP contribution in [-0.4, -0.2) is 64.8 Å². The van der Waals surface area contributed by atoms with E-state index in [-0.39, 0.29) is 5.91 Å². The van der Waals surface area contributed by atoms with Gasteiger partial charge in [0.1, 0.15) is 0 Å². The van der Waals surface area contributed by atoms with Crippen molar-refractivity contribution in [1.82, 2.24) is 25.0 Å². The van der Waals surface area contributed by atoms with Gasteiger partial charge in [0, 0.05) is 51.0 Å². The SMILES string of the molecule is Cc1nn(C)c2nc(-c3ccccc3)cc(C(=O)NCCCCN3CCN(c4ccccc4)CC3)c12. The predicted octanol–water partition coefficient (Wildman–Crippen LogP) is 4.28. The maximum Gasteiger partial charge on any atom is 0.252 e. The molecule has 1 saturated heterocycles. The van der Waals surface area contributed by atoms with Crippen LogP contribution < -0.4 is 10.2 Å². The van der Waals surface area contributed by atoms with Gasteiger partial charge in [-0.05, 0) is 44.5 Å². The second kappa shape index (κ2) is 10.9. The number of unbranched alkanes of at least 4 members (excludes halogenated alkanes) is 1. The number of carbonyl (C=O) groups excluding carboxylic acids is 1. The normalized spacial score (nSPS) is 14.3. The molecule has 7 heteroatoms. The summed E-state index contributed by atoms with van der Waals surface area (Å²) in [7, 11) is 1.87. The van der Waals surface area contributed by atoms with Crippen LogP contribution in [0.3, 0.4) is 0 Å². The number of benzene rings is 2. The molecule has 36 heavy (non-hydrogen) atoms. The first kappa shape index (κ1) is 24.0. The number of aromatic nitrogens is 3. The Morgan fingerprint density at radius 3 is 2.36 bits per heavy atom. The summed E-state index contributed by atoms with van der Waals surface area (Å²) in [6, 6.07) is 22.5.